The van der Waals surface area contributed by atoms with Gasteiger partial charge in [-0.05, 0) is 50.1 Å². The third-order valence-electron chi connectivity index (χ3n) is 5.93. The zero-order chi connectivity index (χ0) is 22.3. The van der Waals surface area contributed by atoms with E-state index in [-0.39, 0.29) is 16.8 Å². The standard InChI is InChI=1S/C23H28N4O3S/c1-5-26-21-11-10-18(31(29,30)25(3)4)15-19(21)24-22(26)12-13-23(28)27-16(2)14-17-8-6-7-9-20(17)27/h6-11,15-16H,5,12-14H2,1-4H3. The van der Waals surface area contributed by atoms with Gasteiger partial charge in [-0.3, -0.25) is 4.79 Å². The number of benzene rings is 2. The molecule has 4 rings (SSSR count). The molecule has 0 bridgehead atoms. The Bertz CT molecular complexity index is 1250. The first-order chi connectivity index (χ1) is 14.7. The summed E-state index contributed by atoms with van der Waals surface area (Å²) in [4.78, 5) is 19.9. The Morgan fingerprint density at radius 3 is 2.65 bits per heavy atom. The smallest absolute Gasteiger partial charge is 0.242 e. The van der Waals surface area contributed by atoms with Crippen LogP contribution in [0.2, 0.25) is 0 Å². The first kappa shape index (κ1) is 21.5. The third-order valence-corrected chi connectivity index (χ3v) is 7.74. The SMILES string of the molecule is CCn1c(CCC(=O)N2c3ccccc3CC2C)nc2cc(S(=O)(=O)N(C)C)ccc21. The van der Waals surface area contributed by atoms with Gasteiger partial charge in [-0.25, -0.2) is 17.7 Å². The molecular weight excluding hydrogens is 412 g/mol. The maximum Gasteiger partial charge on any atom is 0.242 e. The highest BCUT2D eigenvalue weighted by Gasteiger charge is 2.30. The van der Waals surface area contributed by atoms with E-state index in [0.29, 0.717) is 24.9 Å². The van der Waals surface area contributed by atoms with Gasteiger partial charge in [0.15, 0.2) is 0 Å². The highest BCUT2D eigenvalue weighted by atomic mass is 32.2. The van der Waals surface area contributed by atoms with Crippen molar-refractivity contribution in [1.29, 1.82) is 0 Å². The second-order valence-corrected chi connectivity index (χ2v) is 10.3. The van der Waals surface area contributed by atoms with Crippen LogP contribution in [0.25, 0.3) is 11.0 Å². The maximum absolute atomic E-state index is 13.1. The van der Waals surface area contributed by atoms with E-state index in [9.17, 15) is 13.2 Å². The van der Waals surface area contributed by atoms with Gasteiger partial charge in [0.2, 0.25) is 15.9 Å². The zero-order valence-electron chi connectivity index (χ0n) is 18.4. The molecule has 7 nitrogen and oxygen atoms in total. The average molecular weight is 441 g/mol. The molecule has 1 atom stereocenters. The molecule has 0 N–H and O–H groups in total. The second-order valence-electron chi connectivity index (χ2n) is 8.16. The summed E-state index contributed by atoms with van der Waals surface area (Å²) in [7, 11) is -0.502. The Morgan fingerprint density at radius 1 is 1.19 bits per heavy atom. The number of rotatable bonds is 6. The summed E-state index contributed by atoms with van der Waals surface area (Å²) in [6.07, 6.45) is 1.73. The van der Waals surface area contributed by atoms with Crippen molar-refractivity contribution in [3.63, 3.8) is 0 Å². The molecule has 1 aliphatic heterocycles. The van der Waals surface area contributed by atoms with Gasteiger partial charge in [-0.2, -0.15) is 0 Å². The number of imidazole rings is 1. The van der Waals surface area contributed by atoms with E-state index < -0.39 is 10.0 Å². The second kappa shape index (κ2) is 8.09. The van der Waals surface area contributed by atoms with Gasteiger partial charge in [0.05, 0.1) is 15.9 Å². The molecule has 0 fully saturated rings. The number of nitrogens with zero attached hydrogens (tertiary/aromatic N) is 4. The van der Waals surface area contributed by atoms with Gasteiger partial charge in [-0.15, -0.1) is 0 Å². The van der Waals surface area contributed by atoms with Crippen molar-refractivity contribution >= 4 is 32.7 Å². The van der Waals surface area contributed by atoms with Crippen molar-refractivity contribution < 1.29 is 13.2 Å². The number of aryl methyl sites for hydroxylation is 2. The lowest BCUT2D eigenvalue weighted by molar-refractivity contribution is -0.118. The van der Waals surface area contributed by atoms with Crippen molar-refractivity contribution in [1.82, 2.24) is 13.9 Å². The van der Waals surface area contributed by atoms with Crippen LogP contribution in [-0.2, 0) is 34.2 Å². The molecule has 0 aliphatic carbocycles. The van der Waals surface area contributed by atoms with Crippen LogP contribution in [0.5, 0.6) is 0 Å². The van der Waals surface area contributed by atoms with E-state index in [0.717, 1.165) is 23.4 Å². The number of amides is 1. The van der Waals surface area contributed by atoms with E-state index >= 15 is 0 Å². The van der Waals surface area contributed by atoms with Crippen LogP contribution >= 0.6 is 0 Å². The van der Waals surface area contributed by atoms with Crippen molar-refractivity contribution in [2.24, 2.45) is 0 Å². The van der Waals surface area contributed by atoms with Gasteiger partial charge in [0, 0.05) is 45.2 Å². The molecule has 0 radical (unpaired) electrons. The number of para-hydroxylation sites is 1. The molecule has 8 heteroatoms. The van der Waals surface area contributed by atoms with E-state index in [1.165, 1.54) is 24.0 Å². The number of hydrogen-bond donors (Lipinski definition) is 0. The molecule has 164 valence electrons. The molecule has 1 unspecified atom stereocenters. The highest BCUT2D eigenvalue weighted by Crippen LogP contribution is 2.32. The van der Waals surface area contributed by atoms with Crippen LogP contribution in [-0.4, -0.2) is 48.3 Å². The van der Waals surface area contributed by atoms with E-state index in [2.05, 4.69) is 22.5 Å². The summed E-state index contributed by atoms with van der Waals surface area (Å²) in [5, 5.41) is 0. The molecule has 0 spiro atoms. The predicted molar refractivity (Wildman–Crippen MR) is 122 cm³/mol. The minimum absolute atomic E-state index is 0.0861. The Morgan fingerprint density at radius 2 is 1.94 bits per heavy atom. The molecule has 1 amide bonds. The van der Waals surface area contributed by atoms with Crippen LogP contribution in [0.4, 0.5) is 5.69 Å². The minimum Gasteiger partial charge on any atom is -0.328 e. The zero-order valence-corrected chi connectivity index (χ0v) is 19.2. The van der Waals surface area contributed by atoms with Gasteiger partial charge in [-0.1, -0.05) is 18.2 Å². The van der Waals surface area contributed by atoms with E-state index in [1.54, 1.807) is 18.2 Å². The first-order valence-corrected chi connectivity index (χ1v) is 12.0. The predicted octanol–water partition coefficient (Wildman–Crippen LogP) is 3.22. The fourth-order valence-corrected chi connectivity index (χ4v) is 5.28. The molecule has 31 heavy (non-hydrogen) atoms. The quantitative estimate of drug-likeness (QED) is 0.590. The first-order valence-electron chi connectivity index (χ1n) is 10.6. The number of carbonyl (C=O) groups is 1. The van der Waals surface area contributed by atoms with Crippen LogP contribution < -0.4 is 4.90 Å². The summed E-state index contributed by atoms with van der Waals surface area (Å²) < 4.78 is 28.2. The lowest BCUT2D eigenvalue weighted by Gasteiger charge is -2.22. The Hall–Kier alpha value is -2.71. The molecule has 0 saturated carbocycles. The van der Waals surface area contributed by atoms with Gasteiger partial charge in [0.25, 0.3) is 0 Å². The molecule has 3 aromatic rings. The van der Waals surface area contributed by atoms with Crippen molar-refractivity contribution in [3.8, 4) is 0 Å². The van der Waals surface area contributed by atoms with Crippen LogP contribution in [0.3, 0.4) is 0 Å². The van der Waals surface area contributed by atoms with Crippen molar-refractivity contribution in [2.45, 2.75) is 50.6 Å². The Kier molecular flexibility index (Phi) is 5.61. The number of anilines is 1. The van der Waals surface area contributed by atoms with Gasteiger partial charge in [0.1, 0.15) is 5.82 Å². The van der Waals surface area contributed by atoms with Crippen LogP contribution in [0.1, 0.15) is 31.7 Å². The number of sulfonamides is 1. The normalized spacial score (nSPS) is 16.3. The summed E-state index contributed by atoms with van der Waals surface area (Å²) in [6, 6.07) is 13.2. The lowest BCUT2D eigenvalue weighted by Crippen LogP contribution is -2.35. The number of aromatic nitrogens is 2. The summed E-state index contributed by atoms with van der Waals surface area (Å²) in [5.74, 6) is 0.883. The average Bonchev–Trinajstić information content (AvgIpc) is 3.27. The molecule has 1 aliphatic rings. The van der Waals surface area contributed by atoms with Gasteiger partial charge >= 0.3 is 0 Å². The van der Waals surface area contributed by atoms with Crippen LogP contribution in [0.15, 0.2) is 47.4 Å². The summed E-state index contributed by atoms with van der Waals surface area (Å²) in [5.41, 5.74) is 3.72. The number of fused-ring (bicyclic) bond motifs is 2. The minimum atomic E-state index is -3.53. The monoisotopic (exact) mass is 440 g/mol. The molecule has 0 saturated heterocycles. The molecule has 1 aromatic heterocycles. The highest BCUT2D eigenvalue weighted by molar-refractivity contribution is 7.89. The summed E-state index contributed by atoms with van der Waals surface area (Å²) in [6.45, 7) is 4.80. The largest absolute Gasteiger partial charge is 0.328 e. The van der Waals surface area contributed by atoms with E-state index in [4.69, 9.17) is 0 Å². The molecule has 2 aromatic carbocycles. The Labute approximate surface area is 183 Å². The van der Waals surface area contributed by atoms with Crippen LogP contribution in [0, 0.1) is 0 Å². The third kappa shape index (κ3) is 3.74. The molecular formula is C23H28N4O3S. The van der Waals surface area contributed by atoms with Crippen molar-refractivity contribution in [3.05, 3.63) is 53.9 Å². The number of hydrogen-bond acceptors (Lipinski definition) is 4. The topological polar surface area (TPSA) is 75.5 Å². The van der Waals surface area contributed by atoms with Crippen molar-refractivity contribution in [2.75, 3.05) is 19.0 Å². The van der Waals surface area contributed by atoms with E-state index in [1.807, 2.05) is 30.0 Å². The molecule has 2 heterocycles. The maximum atomic E-state index is 13.1. The fraction of sp³-hybridized carbons (Fsp3) is 0.391. The lowest BCUT2D eigenvalue weighted by atomic mass is 10.1. The Balaban J connectivity index is 1.59. The fourth-order valence-electron chi connectivity index (χ4n) is 4.36. The van der Waals surface area contributed by atoms with Gasteiger partial charge < -0.3 is 9.47 Å². The summed E-state index contributed by atoms with van der Waals surface area (Å²) >= 11 is 0. The number of carbonyl (C=O) groups excluding carboxylic acids is 1.